The van der Waals surface area contributed by atoms with E-state index in [-0.39, 0.29) is 5.91 Å². The van der Waals surface area contributed by atoms with Crippen molar-refractivity contribution in [3.63, 3.8) is 0 Å². The number of nitrogens with one attached hydrogen (secondary N) is 2. The van der Waals surface area contributed by atoms with Gasteiger partial charge in [0.25, 0.3) is 11.8 Å². The van der Waals surface area contributed by atoms with Crippen molar-refractivity contribution in [3.05, 3.63) is 89.0 Å². The molecular formula is C24H21FN4O2. The number of nitrogens with zero attached hydrogens (tertiary/aromatic N) is 2. The van der Waals surface area contributed by atoms with Gasteiger partial charge in [-0.1, -0.05) is 18.2 Å². The van der Waals surface area contributed by atoms with Gasteiger partial charge in [0.05, 0.1) is 23.4 Å². The Morgan fingerprint density at radius 1 is 1.00 bits per heavy atom. The van der Waals surface area contributed by atoms with E-state index in [0.717, 1.165) is 11.6 Å². The average molecular weight is 416 g/mol. The molecule has 0 saturated heterocycles. The fourth-order valence-electron chi connectivity index (χ4n) is 2.91. The third kappa shape index (κ3) is 5.11. The number of pyridine rings is 1. The molecular weight excluding hydrogens is 395 g/mol. The number of halogens is 1. The smallest absolute Gasteiger partial charge is 0.256 e. The van der Waals surface area contributed by atoms with Crippen LogP contribution in [0.25, 0.3) is 0 Å². The first kappa shape index (κ1) is 21.7. The van der Waals surface area contributed by atoms with Crippen molar-refractivity contribution >= 4 is 23.2 Å². The predicted molar refractivity (Wildman–Crippen MR) is 116 cm³/mol. The van der Waals surface area contributed by atoms with Crippen LogP contribution in [0.15, 0.2) is 60.8 Å². The molecule has 2 N–H and O–H groups in total. The van der Waals surface area contributed by atoms with Gasteiger partial charge in [-0.15, -0.1) is 0 Å². The number of amides is 2. The Balaban J connectivity index is 1.79. The predicted octanol–water partition coefficient (Wildman–Crippen LogP) is 4.83. The number of hydrogen-bond donors (Lipinski definition) is 2. The van der Waals surface area contributed by atoms with Gasteiger partial charge in [-0.25, -0.2) is 4.98 Å². The normalized spacial score (nSPS) is 10.8. The second-order valence-electron chi connectivity index (χ2n) is 7.63. The van der Waals surface area contributed by atoms with E-state index in [1.54, 1.807) is 63.2 Å². The largest absolute Gasteiger partial charge is 0.322 e. The standard InChI is InChI=1S/C24H21FN4O2/c1-15-7-8-18(12-20(15)23(31)29-19-9-10-21(25)27-13-19)28-22(30)16-5-4-6-17(11-16)24(2,3)14-26/h4-13H,1-3H3,(H,28,30)(H,29,31). The summed E-state index contributed by atoms with van der Waals surface area (Å²) < 4.78 is 13.0. The summed E-state index contributed by atoms with van der Waals surface area (Å²) in [6.07, 6.45) is 1.23. The highest BCUT2D eigenvalue weighted by atomic mass is 19.1. The Morgan fingerprint density at radius 2 is 1.71 bits per heavy atom. The van der Waals surface area contributed by atoms with Crippen LogP contribution in [0.4, 0.5) is 15.8 Å². The second-order valence-corrected chi connectivity index (χ2v) is 7.63. The van der Waals surface area contributed by atoms with E-state index in [9.17, 15) is 19.2 Å². The third-order valence-corrected chi connectivity index (χ3v) is 4.85. The van der Waals surface area contributed by atoms with Crippen LogP contribution in [0.3, 0.4) is 0 Å². The molecule has 0 fully saturated rings. The lowest BCUT2D eigenvalue weighted by atomic mass is 9.85. The molecule has 0 aliphatic rings. The number of nitriles is 1. The van der Waals surface area contributed by atoms with Crippen molar-refractivity contribution in [3.8, 4) is 6.07 Å². The molecule has 1 aromatic heterocycles. The van der Waals surface area contributed by atoms with Gasteiger partial charge in [-0.2, -0.15) is 9.65 Å². The molecule has 0 aliphatic carbocycles. The number of rotatable bonds is 5. The lowest BCUT2D eigenvalue weighted by molar-refractivity contribution is 0.101. The van der Waals surface area contributed by atoms with Gasteiger partial charge in [-0.3, -0.25) is 9.59 Å². The zero-order chi connectivity index (χ0) is 22.6. The van der Waals surface area contributed by atoms with Crippen molar-refractivity contribution in [2.45, 2.75) is 26.2 Å². The molecule has 0 radical (unpaired) electrons. The Hall–Kier alpha value is -4.05. The molecule has 7 heteroatoms. The molecule has 0 atom stereocenters. The SMILES string of the molecule is Cc1ccc(NC(=O)c2cccc(C(C)(C)C#N)c2)cc1C(=O)Nc1ccc(F)nc1. The van der Waals surface area contributed by atoms with Gasteiger partial charge in [0.15, 0.2) is 0 Å². The minimum atomic E-state index is -0.722. The number of anilines is 2. The Bertz CT molecular complexity index is 1180. The molecule has 3 rings (SSSR count). The first-order chi connectivity index (χ1) is 14.7. The van der Waals surface area contributed by atoms with E-state index in [2.05, 4.69) is 21.7 Å². The minimum Gasteiger partial charge on any atom is -0.322 e. The van der Waals surface area contributed by atoms with E-state index >= 15 is 0 Å². The number of aromatic nitrogens is 1. The van der Waals surface area contributed by atoms with Crippen LogP contribution in [0, 0.1) is 24.2 Å². The highest BCUT2D eigenvalue weighted by Gasteiger charge is 2.21. The molecule has 2 amide bonds. The van der Waals surface area contributed by atoms with E-state index in [0.29, 0.717) is 28.1 Å². The molecule has 3 aromatic rings. The average Bonchev–Trinajstić information content (AvgIpc) is 2.76. The zero-order valence-electron chi connectivity index (χ0n) is 17.4. The molecule has 156 valence electrons. The Morgan fingerprint density at radius 3 is 2.39 bits per heavy atom. The summed E-state index contributed by atoms with van der Waals surface area (Å²) in [5.41, 5.74) is 2.30. The number of hydrogen-bond acceptors (Lipinski definition) is 4. The number of carbonyl (C=O) groups excluding carboxylic acids is 2. The van der Waals surface area contributed by atoms with E-state index in [1.807, 2.05) is 0 Å². The quantitative estimate of drug-likeness (QED) is 0.582. The summed E-state index contributed by atoms with van der Waals surface area (Å²) in [5, 5.41) is 14.8. The van der Waals surface area contributed by atoms with Crippen molar-refractivity contribution in [2.24, 2.45) is 0 Å². The molecule has 31 heavy (non-hydrogen) atoms. The minimum absolute atomic E-state index is 0.353. The van der Waals surface area contributed by atoms with Crippen LogP contribution in [0.5, 0.6) is 0 Å². The Labute approximate surface area is 179 Å². The molecule has 0 aliphatic heterocycles. The summed E-state index contributed by atoms with van der Waals surface area (Å²) in [7, 11) is 0. The number of carbonyl (C=O) groups is 2. The van der Waals surface area contributed by atoms with Crippen LogP contribution in [0.2, 0.25) is 0 Å². The van der Waals surface area contributed by atoms with Crippen LogP contribution < -0.4 is 10.6 Å². The summed E-state index contributed by atoms with van der Waals surface area (Å²) in [5.74, 6) is -1.39. The van der Waals surface area contributed by atoms with E-state index in [1.165, 1.54) is 12.3 Å². The van der Waals surface area contributed by atoms with Crippen LogP contribution in [0.1, 0.15) is 45.7 Å². The monoisotopic (exact) mass is 416 g/mol. The van der Waals surface area contributed by atoms with Gasteiger partial charge in [0.1, 0.15) is 0 Å². The van der Waals surface area contributed by atoms with Crippen molar-refractivity contribution in [1.82, 2.24) is 4.98 Å². The maximum atomic E-state index is 13.0. The zero-order valence-corrected chi connectivity index (χ0v) is 17.4. The van der Waals surface area contributed by atoms with Gasteiger partial charge >= 0.3 is 0 Å². The summed E-state index contributed by atoms with van der Waals surface area (Å²) >= 11 is 0. The summed E-state index contributed by atoms with van der Waals surface area (Å²) in [6.45, 7) is 5.34. The molecule has 2 aromatic carbocycles. The van der Waals surface area contributed by atoms with E-state index < -0.39 is 17.3 Å². The van der Waals surface area contributed by atoms with Gasteiger partial charge in [-0.05, 0) is 68.3 Å². The number of aryl methyl sites for hydroxylation is 1. The first-order valence-corrected chi connectivity index (χ1v) is 9.56. The second kappa shape index (κ2) is 8.76. The highest BCUT2D eigenvalue weighted by Crippen LogP contribution is 2.24. The van der Waals surface area contributed by atoms with E-state index in [4.69, 9.17) is 0 Å². The molecule has 6 nitrogen and oxygen atoms in total. The fourth-order valence-corrected chi connectivity index (χ4v) is 2.91. The maximum Gasteiger partial charge on any atom is 0.256 e. The maximum absolute atomic E-state index is 13.0. The molecule has 0 spiro atoms. The lowest BCUT2D eigenvalue weighted by Crippen LogP contribution is -2.18. The van der Waals surface area contributed by atoms with Gasteiger partial charge < -0.3 is 10.6 Å². The van der Waals surface area contributed by atoms with Crippen LogP contribution >= 0.6 is 0 Å². The molecule has 0 unspecified atom stereocenters. The molecule has 0 saturated carbocycles. The van der Waals surface area contributed by atoms with Gasteiger partial charge in [0, 0.05) is 16.8 Å². The van der Waals surface area contributed by atoms with Crippen LogP contribution in [-0.4, -0.2) is 16.8 Å². The fraction of sp³-hybridized carbons (Fsp3) is 0.167. The molecule has 1 heterocycles. The van der Waals surface area contributed by atoms with Gasteiger partial charge in [0.2, 0.25) is 5.95 Å². The first-order valence-electron chi connectivity index (χ1n) is 9.56. The molecule has 0 bridgehead atoms. The topological polar surface area (TPSA) is 94.9 Å². The summed E-state index contributed by atoms with van der Waals surface area (Å²) in [6, 6.07) is 16.7. The summed E-state index contributed by atoms with van der Waals surface area (Å²) in [4.78, 5) is 28.9. The third-order valence-electron chi connectivity index (χ3n) is 4.85. The van der Waals surface area contributed by atoms with Crippen LogP contribution in [-0.2, 0) is 5.41 Å². The van der Waals surface area contributed by atoms with Crippen molar-refractivity contribution in [2.75, 3.05) is 10.6 Å². The van der Waals surface area contributed by atoms with Crippen molar-refractivity contribution in [1.29, 1.82) is 5.26 Å². The van der Waals surface area contributed by atoms with Crippen molar-refractivity contribution < 1.29 is 14.0 Å². The Kier molecular flexibility index (Phi) is 6.12. The number of benzene rings is 2. The highest BCUT2D eigenvalue weighted by molar-refractivity contribution is 6.08. The lowest BCUT2D eigenvalue weighted by Gasteiger charge is -2.16.